The fourth-order valence-corrected chi connectivity index (χ4v) is 4.21. The summed E-state index contributed by atoms with van der Waals surface area (Å²) in [5.74, 6) is 0.530. The molecule has 1 saturated carbocycles. The summed E-state index contributed by atoms with van der Waals surface area (Å²) in [6.45, 7) is 4.50. The van der Waals surface area contributed by atoms with Gasteiger partial charge in [-0.05, 0) is 31.2 Å². The van der Waals surface area contributed by atoms with Crippen molar-refractivity contribution in [2.24, 2.45) is 5.92 Å². The summed E-state index contributed by atoms with van der Waals surface area (Å²) < 4.78 is 1.58. The summed E-state index contributed by atoms with van der Waals surface area (Å²) in [4.78, 5) is 24.7. The topological polar surface area (TPSA) is 79.8 Å². The molecule has 2 N–H and O–H groups in total. The zero-order chi connectivity index (χ0) is 18.5. The number of H-pyrrole nitrogens is 1. The number of carbonyl (C=O) groups is 1. The first-order chi connectivity index (χ1) is 12.5. The van der Waals surface area contributed by atoms with Crippen molar-refractivity contribution >= 4 is 17.7 Å². The molecule has 7 heteroatoms. The molecule has 3 atom stereocenters. The molecule has 1 aliphatic rings. The Morgan fingerprint density at radius 1 is 1.35 bits per heavy atom. The SMILES string of the molecule is C[C@H](Sc1n[nH]c(=O)n1Cc1ccccc1)C(=O)N[C@@H]1CCCC[C@@H]1C. The predicted octanol–water partition coefficient (Wildman–Crippen LogP) is 2.80. The average Bonchev–Trinajstić information content (AvgIpc) is 2.98. The largest absolute Gasteiger partial charge is 0.352 e. The van der Waals surface area contributed by atoms with Crippen LogP contribution in [0, 0.1) is 5.92 Å². The molecule has 0 spiro atoms. The van der Waals surface area contributed by atoms with E-state index in [1.807, 2.05) is 37.3 Å². The highest BCUT2D eigenvalue weighted by molar-refractivity contribution is 8.00. The van der Waals surface area contributed by atoms with Crippen LogP contribution in [-0.4, -0.2) is 32.0 Å². The van der Waals surface area contributed by atoms with Crippen molar-refractivity contribution in [2.75, 3.05) is 0 Å². The first kappa shape index (κ1) is 18.8. The van der Waals surface area contributed by atoms with E-state index < -0.39 is 0 Å². The van der Waals surface area contributed by atoms with Crippen LogP contribution in [0.25, 0.3) is 0 Å². The summed E-state index contributed by atoms with van der Waals surface area (Å²) in [5.41, 5.74) is 0.760. The van der Waals surface area contributed by atoms with Crippen LogP contribution < -0.4 is 11.0 Å². The Labute approximate surface area is 157 Å². The number of benzene rings is 1. The Balaban J connectivity index is 1.64. The maximum Gasteiger partial charge on any atom is 0.344 e. The molecule has 0 radical (unpaired) electrons. The Hall–Kier alpha value is -2.02. The molecule has 140 valence electrons. The number of nitrogens with one attached hydrogen (secondary N) is 2. The molecular weight excluding hydrogens is 348 g/mol. The van der Waals surface area contributed by atoms with Gasteiger partial charge < -0.3 is 5.32 Å². The normalized spacial score (nSPS) is 21.3. The van der Waals surface area contributed by atoms with Gasteiger partial charge in [-0.2, -0.15) is 0 Å². The van der Waals surface area contributed by atoms with Crippen molar-refractivity contribution in [1.82, 2.24) is 20.1 Å². The molecule has 0 aliphatic heterocycles. The summed E-state index contributed by atoms with van der Waals surface area (Å²) in [6.07, 6.45) is 4.64. The summed E-state index contributed by atoms with van der Waals surface area (Å²) in [6, 6.07) is 10.0. The van der Waals surface area contributed by atoms with Crippen LogP contribution in [0.4, 0.5) is 0 Å². The van der Waals surface area contributed by atoms with Crippen LogP contribution in [0.3, 0.4) is 0 Å². The number of thioether (sulfide) groups is 1. The van der Waals surface area contributed by atoms with Crippen LogP contribution in [-0.2, 0) is 11.3 Å². The third kappa shape index (κ3) is 4.58. The highest BCUT2D eigenvalue weighted by atomic mass is 32.2. The number of aromatic amines is 1. The fraction of sp³-hybridized carbons (Fsp3) is 0.526. The van der Waals surface area contributed by atoms with E-state index in [1.165, 1.54) is 31.0 Å². The molecule has 2 aromatic rings. The molecule has 0 bridgehead atoms. The Bertz CT molecular complexity index is 786. The second kappa shape index (κ2) is 8.58. The van der Waals surface area contributed by atoms with Crippen molar-refractivity contribution in [3.63, 3.8) is 0 Å². The number of amides is 1. The fourth-order valence-electron chi connectivity index (χ4n) is 3.34. The summed E-state index contributed by atoms with van der Waals surface area (Å²) in [7, 11) is 0. The zero-order valence-electron chi connectivity index (χ0n) is 15.3. The van der Waals surface area contributed by atoms with Crippen molar-refractivity contribution < 1.29 is 4.79 Å². The predicted molar refractivity (Wildman–Crippen MR) is 103 cm³/mol. The first-order valence-corrected chi connectivity index (χ1v) is 10.1. The van der Waals surface area contributed by atoms with Gasteiger partial charge in [0, 0.05) is 6.04 Å². The lowest BCUT2D eigenvalue weighted by Crippen LogP contribution is -2.44. The van der Waals surface area contributed by atoms with E-state index in [2.05, 4.69) is 22.4 Å². The molecule has 1 aliphatic carbocycles. The summed E-state index contributed by atoms with van der Waals surface area (Å²) >= 11 is 1.32. The Morgan fingerprint density at radius 3 is 2.81 bits per heavy atom. The van der Waals surface area contributed by atoms with Gasteiger partial charge in [0.1, 0.15) is 0 Å². The van der Waals surface area contributed by atoms with E-state index in [0.717, 1.165) is 12.0 Å². The second-order valence-corrected chi connectivity index (χ2v) is 8.33. The van der Waals surface area contributed by atoms with Gasteiger partial charge in [0.25, 0.3) is 0 Å². The molecule has 1 heterocycles. The van der Waals surface area contributed by atoms with Gasteiger partial charge in [0.2, 0.25) is 5.91 Å². The second-order valence-electron chi connectivity index (χ2n) is 7.02. The number of aromatic nitrogens is 3. The number of rotatable bonds is 6. The molecule has 6 nitrogen and oxygen atoms in total. The van der Waals surface area contributed by atoms with Crippen LogP contribution in [0.15, 0.2) is 40.3 Å². The van der Waals surface area contributed by atoms with Crippen molar-refractivity contribution in [3.8, 4) is 0 Å². The van der Waals surface area contributed by atoms with Crippen molar-refractivity contribution in [1.29, 1.82) is 0 Å². The monoisotopic (exact) mass is 374 g/mol. The van der Waals surface area contributed by atoms with Gasteiger partial charge in [-0.15, -0.1) is 5.10 Å². The van der Waals surface area contributed by atoms with Gasteiger partial charge >= 0.3 is 5.69 Å². The van der Waals surface area contributed by atoms with E-state index in [0.29, 0.717) is 17.6 Å². The van der Waals surface area contributed by atoms with E-state index in [4.69, 9.17) is 0 Å². The molecule has 1 fully saturated rings. The van der Waals surface area contributed by atoms with Gasteiger partial charge in [-0.3, -0.25) is 9.36 Å². The van der Waals surface area contributed by atoms with Gasteiger partial charge in [-0.1, -0.05) is 61.9 Å². The zero-order valence-corrected chi connectivity index (χ0v) is 16.1. The number of carbonyl (C=O) groups excluding carboxylic acids is 1. The van der Waals surface area contributed by atoms with E-state index >= 15 is 0 Å². The average molecular weight is 375 g/mol. The van der Waals surface area contributed by atoms with Crippen LogP contribution in [0.5, 0.6) is 0 Å². The molecule has 1 amide bonds. The maximum atomic E-state index is 12.6. The molecular formula is C19H26N4O2S. The molecule has 1 aromatic heterocycles. The maximum absolute atomic E-state index is 12.6. The lowest BCUT2D eigenvalue weighted by atomic mass is 9.86. The smallest absolute Gasteiger partial charge is 0.344 e. The number of hydrogen-bond acceptors (Lipinski definition) is 4. The highest BCUT2D eigenvalue weighted by Crippen LogP contribution is 2.25. The minimum Gasteiger partial charge on any atom is -0.352 e. The van der Waals surface area contributed by atoms with E-state index in [-0.39, 0.29) is 22.9 Å². The standard InChI is InChI=1S/C19H26N4O2S/c1-13-8-6-7-11-16(13)20-17(24)14(2)26-19-22-21-18(25)23(19)12-15-9-4-3-5-10-15/h3-5,9-10,13-14,16H,6-8,11-12H2,1-2H3,(H,20,24)(H,21,25)/t13-,14-,16+/m0/s1. The Morgan fingerprint density at radius 2 is 2.08 bits per heavy atom. The van der Waals surface area contributed by atoms with Gasteiger partial charge in [-0.25, -0.2) is 9.89 Å². The third-order valence-electron chi connectivity index (χ3n) is 5.00. The van der Waals surface area contributed by atoms with Crippen molar-refractivity contribution in [2.45, 2.75) is 62.5 Å². The van der Waals surface area contributed by atoms with Crippen LogP contribution in [0.2, 0.25) is 0 Å². The quantitative estimate of drug-likeness (QED) is 0.762. The molecule has 3 rings (SSSR count). The van der Waals surface area contributed by atoms with Crippen LogP contribution in [0.1, 0.15) is 45.1 Å². The Kier molecular flexibility index (Phi) is 6.19. The van der Waals surface area contributed by atoms with Crippen molar-refractivity contribution in [3.05, 3.63) is 46.4 Å². The van der Waals surface area contributed by atoms with E-state index in [1.54, 1.807) is 4.57 Å². The highest BCUT2D eigenvalue weighted by Gasteiger charge is 2.26. The molecule has 1 aromatic carbocycles. The number of hydrogen-bond donors (Lipinski definition) is 2. The van der Waals surface area contributed by atoms with E-state index in [9.17, 15) is 9.59 Å². The van der Waals surface area contributed by atoms with Gasteiger partial charge in [0.05, 0.1) is 11.8 Å². The molecule has 0 unspecified atom stereocenters. The third-order valence-corrected chi connectivity index (χ3v) is 6.09. The number of nitrogens with zero attached hydrogens (tertiary/aromatic N) is 2. The minimum atomic E-state index is -0.311. The van der Waals surface area contributed by atoms with Crippen LogP contribution >= 0.6 is 11.8 Å². The van der Waals surface area contributed by atoms with Gasteiger partial charge in [0.15, 0.2) is 5.16 Å². The lowest BCUT2D eigenvalue weighted by molar-refractivity contribution is -0.121. The first-order valence-electron chi connectivity index (χ1n) is 9.20. The summed E-state index contributed by atoms with van der Waals surface area (Å²) in [5, 5.41) is 10.0. The molecule has 26 heavy (non-hydrogen) atoms. The lowest BCUT2D eigenvalue weighted by Gasteiger charge is -2.30. The minimum absolute atomic E-state index is 0.00969. The molecule has 0 saturated heterocycles.